The first-order valence-electron chi connectivity index (χ1n) is 5.38. The van der Waals surface area contributed by atoms with Gasteiger partial charge in [-0.05, 0) is 0 Å². The maximum absolute atomic E-state index is 12.8. The van der Waals surface area contributed by atoms with E-state index in [2.05, 4.69) is 9.05 Å². The normalized spacial score (nSPS) is 15.4. The molecule has 142 valence electrons. The molecule has 0 unspecified atom stereocenters. The van der Waals surface area contributed by atoms with Crippen LogP contribution in [-0.4, -0.2) is 37.4 Å². The fraction of sp³-hybridized carbons (Fsp3) is 0.667. The number of alkyl halides is 10. The molecular weight excluding hydrogens is 403 g/mol. The average molecular weight is 407 g/mol. The molecule has 0 fully saturated rings. The van der Waals surface area contributed by atoms with Crippen molar-refractivity contribution in [2.45, 2.75) is 24.2 Å². The second-order valence-corrected chi connectivity index (χ2v) is 7.24. The molecule has 0 aromatic heterocycles. The van der Waals surface area contributed by atoms with Crippen molar-refractivity contribution in [1.29, 1.82) is 15.8 Å². The van der Waals surface area contributed by atoms with Crippen molar-refractivity contribution in [2.75, 3.05) is 13.2 Å². The number of hydrogen-bond acceptors (Lipinski definition) is 5. The molecule has 0 aromatic carbocycles. The minimum absolute atomic E-state index is 0.439. The molecule has 0 saturated carbocycles. The second-order valence-electron chi connectivity index (χ2n) is 4.21. The van der Waals surface area contributed by atoms with Gasteiger partial charge in [-0.25, -0.2) is 0 Å². The molecule has 0 amide bonds. The van der Waals surface area contributed by atoms with E-state index in [0.29, 0.717) is 17.4 Å². The van der Waals surface area contributed by atoms with Crippen molar-refractivity contribution in [1.82, 2.24) is 0 Å². The van der Waals surface area contributed by atoms with Crippen molar-refractivity contribution < 1.29 is 53.0 Å². The number of nitrogens with zero attached hydrogens (tertiary/aromatic N) is 3. The second kappa shape index (κ2) is 6.45. The maximum atomic E-state index is 12.8. The minimum atomic E-state index is -6.68. The molecule has 0 radical (unpaired) electrons. The van der Waals surface area contributed by atoms with Gasteiger partial charge in [0.25, 0.3) is 0 Å². The molecule has 0 N–H and O–H groups in total. The van der Waals surface area contributed by atoms with Crippen LogP contribution in [0.25, 0.3) is 0 Å². The Balaban J connectivity index is 5.75. The number of hydrogen-bond donors (Lipinski definition) is 0. The third-order valence-corrected chi connectivity index (χ3v) is 4.69. The molecule has 5 nitrogen and oxygen atoms in total. The standard InChI is InChI=1S/C9H4F10N3O2P/c10-6(11,8(14,15)16)1-23-25(3-20,4-21,5-22)24-2-7(12,13)9(17,18)19/h1-2H2. The van der Waals surface area contributed by atoms with Crippen LogP contribution in [0.4, 0.5) is 43.9 Å². The van der Waals surface area contributed by atoms with E-state index >= 15 is 0 Å². The Morgan fingerprint density at radius 1 is 0.600 bits per heavy atom. The predicted octanol–water partition coefficient (Wildman–Crippen LogP) is 4.24. The molecule has 0 spiro atoms. The van der Waals surface area contributed by atoms with E-state index in [1.165, 1.54) is 0 Å². The summed E-state index contributed by atoms with van der Waals surface area (Å²) in [6.07, 6.45) is -12.6. The van der Waals surface area contributed by atoms with Gasteiger partial charge in [0.05, 0.1) is 0 Å². The summed E-state index contributed by atoms with van der Waals surface area (Å²) < 4.78 is 130. The predicted molar refractivity (Wildman–Crippen MR) is 57.7 cm³/mol. The van der Waals surface area contributed by atoms with Crippen molar-refractivity contribution in [3.05, 3.63) is 0 Å². The molecule has 0 aliphatic heterocycles. The summed E-state index contributed by atoms with van der Waals surface area (Å²) in [6.45, 7) is -5.78. The number of halogens is 10. The zero-order valence-corrected chi connectivity index (χ0v) is 12.2. The Morgan fingerprint density at radius 2 is 0.840 bits per heavy atom. The quantitative estimate of drug-likeness (QED) is 0.485. The van der Waals surface area contributed by atoms with Crippen LogP contribution in [-0.2, 0) is 9.05 Å². The Labute approximate surface area is 132 Å². The summed E-state index contributed by atoms with van der Waals surface area (Å²) in [6, 6.07) is 0. The van der Waals surface area contributed by atoms with E-state index < -0.39 is 44.5 Å². The molecule has 0 saturated heterocycles. The number of rotatable bonds is 6. The van der Waals surface area contributed by atoms with Crippen molar-refractivity contribution in [3.8, 4) is 17.4 Å². The Kier molecular flexibility index (Phi) is 5.96. The van der Waals surface area contributed by atoms with E-state index in [9.17, 15) is 43.9 Å². The van der Waals surface area contributed by atoms with Crippen LogP contribution < -0.4 is 0 Å². The molecule has 0 bridgehead atoms. The molecular formula is C9H4F10N3O2P. The number of nitriles is 3. The van der Waals surface area contributed by atoms with Gasteiger partial charge in [-0.2, -0.15) is 0 Å². The first kappa shape index (κ1) is 23.1. The van der Waals surface area contributed by atoms with E-state index in [0.717, 1.165) is 0 Å². The van der Waals surface area contributed by atoms with Crippen LogP contribution in [0.2, 0.25) is 0 Å². The van der Waals surface area contributed by atoms with Crippen LogP contribution in [0.15, 0.2) is 0 Å². The summed E-state index contributed by atoms with van der Waals surface area (Å²) in [5.41, 5.74) is 0. The van der Waals surface area contributed by atoms with Gasteiger partial charge in [-0.1, -0.05) is 0 Å². The third-order valence-electron chi connectivity index (χ3n) is 2.36. The zero-order chi connectivity index (χ0) is 20.4. The van der Waals surface area contributed by atoms with E-state index in [1.807, 2.05) is 0 Å². The van der Waals surface area contributed by atoms with Gasteiger partial charge in [0.15, 0.2) is 0 Å². The van der Waals surface area contributed by atoms with Crippen LogP contribution in [0.5, 0.6) is 0 Å². The van der Waals surface area contributed by atoms with Crippen LogP contribution >= 0.6 is 7.06 Å². The monoisotopic (exact) mass is 407 g/mol. The molecule has 0 atom stereocenters. The molecule has 16 heteroatoms. The van der Waals surface area contributed by atoms with Crippen LogP contribution in [0.3, 0.4) is 0 Å². The van der Waals surface area contributed by atoms with E-state index in [4.69, 9.17) is 15.8 Å². The van der Waals surface area contributed by atoms with Gasteiger partial charge < -0.3 is 0 Å². The molecule has 0 aliphatic carbocycles. The fourth-order valence-corrected chi connectivity index (χ4v) is 2.22. The summed E-state index contributed by atoms with van der Waals surface area (Å²) in [5.74, 6) is -10.2. The Morgan fingerprint density at radius 3 is 1.00 bits per heavy atom. The first-order valence-corrected chi connectivity index (χ1v) is 7.45. The van der Waals surface area contributed by atoms with E-state index in [1.54, 1.807) is 0 Å². The summed E-state index contributed by atoms with van der Waals surface area (Å²) >= 11 is 0. The van der Waals surface area contributed by atoms with Crippen molar-refractivity contribution in [2.24, 2.45) is 0 Å². The van der Waals surface area contributed by atoms with Gasteiger partial charge in [-0.15, -0.1) is 0 Å². The summed E-state index contributed by atoms with van der Waals surface area (Å²) in [4.78, 5) is 0. The van der Waals surface area contributed by atoms with E-state index in [-0.39, 0.29) is 0 Å². The van der Waals surface area contributed by atoms with Crippen molar-refractivity contribution in [3.63, 3.8) is 0 Å². The molecule has 0 heterocycles. The fourth-order valence-electron chi connectivity index (χ4n) is 0.850. The van der Waals surface area contributed by atoms with Gasteiger partial charge in [0, 0.05) is 0 Å². The van der Waals surface area contributed by atoms with Crippen molar-refractivity contribution >= 4 is 7.06 Å². The van der Waals surface area contributed by atoms with Gasteiger partial charge >= 0.3 is 131 Å². The SMILES string of the molecule is N#CP(C#N)(C#N)(OCC(F)(F)C(F)(F)F)OCC(F)(F)C(F)(F)F. The zero-order valence-electron chi connectivity index (χ0n) is 11.3. The first-order chi connectivity index (χ1) is 10.9. The van der Waals surface area contributed by atoms with Crippen LogP contribution in [0.1, 0.15) is 0 Å². The summed E-state index contributed by atoms with van der Waals surface area (Å²) in [5, 5.41) is 26.1. The summed E-state index contributed by atoms with van der Waals surface area (Å²) in [7, 11) is -6.68. The molecule has 0 aromatic rings. The van der Waals surface area contributed by atoms with Gasteiger partial charge in [0.2, 0.25) is 0 Å². The average Bonchev–Trinajstić information content (AvgIpc) is 2.47. The Hall–Kier alpha value is -1.88. The van der Waals surface area contributed by atoms with Gasteiger partial charge in [0.1, 0.15) is 0 Å². The third kappa shape index (κ3) is 4.60. The molecule has 0 aliphatic rings. The molecule has 0 rings (SSSR count). The van der Waals surface area contributed by atoms with Gasteiger partial charge in [-0.3, -0.25) is 0 Å². The van der Waals surface area contributed by atoms with Crippen LogP contribution in [0, 0.1) is 33.2 Å². The Bertz CT molecular complexity index is 566. The topological polar surface area (TPSA) is 89.8 Å². The molecule has 25 heavy (non-hydrogen) atoms.